The highest BCUT2D eigenvalue weighted by atomic mass is 35.5. The number of ether oxygens (including phenoxy) is 1. The van der Waals surface area contributed by atoms with Gasteiger partial charge in [0.2, 0.25) is 5.91 Å². The van der Waals surface area contributed by atoms with E-state index in [1.54, 1.807) is 36.1 Å². The van der Waals surface area contributed by atoms with E-state index in [2.05, 4.69) is 5.32 Å². The van der Waals surface area contributed by atoms with E-state index in [0.29, 0.717) is 29.9 Å². The molecular weight excluding hydrogens is 368 g/mol. The zero-order valence-electron chi connectivity index (χ0n) is 14.8. The van der Waals surface area contributed by atoms with Crippen LogP contribution in [0.4, 0.5) is 11.4 Å². The van der Waals surface area contributed by atoms with Crippen LogP contribution in [0.1, 0.15) is 40.5 Å². The van der Waals surface area contributed by atoms with Gasteiger partial charge < -0.3 is 15.0 Å². The minimum Gasteiger partial charge on any atom is -0.462 e. The van der Waals surface area contributed by atoms with Crippen molar-refractivity contribution in [2.75, 3.05) is 23.4 Å². The Bertz CT molecular complexity index is 897. The van der Waals surface area contributed by atoms with Crippen molar-refractivity contribution in [3.05, 3.63) is 58.6 Å². The summed E-state index contributed by atoms with van der Waals surface area (Å²) in [5.74, 6) is -0.777. The summed E-state index contributed by atoms with van der Waals surface area (Å²) in [6.45, 7) is 2.63. The van der Waals surface area contributed by atoms with Gasteiger partial charge in [-0.3, -0.25) is 9.59 Å². The van der Waals surface area contributed by atoms with Gasteiger partial charge in [0.25, 0.3) is 5.91 Å². The van der Waals surface area contributed by atoms with Crippen molar-refractivity contribution in [2.24, 2.45) is 0 Å². The molecule has 7 heteroatoms. The molecule has 140 valence electrons. The summed E-state index contributed by atoms with van der Waals surface area (Å²) in [4.78, 5) is 37.9. The molecule has 1 saturated heterocycles. The number of halogens is 1. The molecule has 2 aromatic carbocycles. The van der Waals surface area contributed by atoms with Crippen LogP contribution in [0, 0.1) is 0 Å². The maximum atomic E-state index is 12.5. The lowest BCUT2D eigenvalue weighted by Gasteiger charge is -2.16. The lowest BCUT2D eigenvalue weighted by molar-refractivity contribution is -0.117. The van der Waals surface area contributed by atoms with Gasteiger partial charge in [-0.05, 0) is 49.7 Å². The molecule has 0 aliphatic carbocycles. The van der Waals surface area contributed by atoms with Crippen molar-refractivity contribution in [1.82, 2.24) is 0 Å². The van der Waals surface area contributed by atoms with Crippen molar-refractivity contribution >= 4 is 40.8 Å². The molecule has 27 heavy (non-hydrogen) atoms. The Morgan fingerprint density at radius 1 is 1.22 bits per heavy atom. The highest BCUT2D eigenvalue weighted by Gasteiger charge is 2.22. The quantitative estimate of drug-likeness (QED) is 0.791. The smallest absolute Gasteiger partial charge is 0.339 e. The molecule has 1 aliphatic heterocycles. The number of amides is 2. The summed E-state index contributed by atoms with van der Waals surface area (Å²) in [5.41, 5.74) is 1.84. The van der Waals surface area contributed by atoms with Crippen molar-refractivity contribution in [3.8, 4) is 0 Å². The number of hydrogen-bond acceptors (Lipinski definition) is 4. The molecule has 6 nitrogen and oxygen atoms in total. The van der Waals surface area contributed by atoms with Gasteiger partial charge in [0.15, 0.2) is 0 Å². The van der Waals surface area contributed by atoms with Crippen LogP contribution in [0.3, 0.4) is 0 Å². The fourth-order valence-corrected chi connectivity index (χ4v) is 3.16. The number of nitrogens with zero attached hydrogens (tertiary/aromatic N) is 1. The Balaban J connectivity index is 1.75. The lowest BCUT2D eigenvalue weighted by Crippen LogP contribution is -2.24. The first-order chi connectivity index (χ1) is 13.0. The predicted molar refractivity (Wildman–Crippen MR) is 103 cm³/mol. The van der Waals surface area contributed by atoms with Crippen LogP contribution in [0.15, 0.2) is 42.5 Å². The third kappa shape index (κ3) is 4.28. The van der Waals surface area contributed by atoms with Crippen LogP contribution in [0.5, 0.6) is 0 Å². The Morgan fingerprint density at radius 3 is 2.70 bits per heavy atom. The minimum absolute atomic E-state index is 0.0638. The second-order valence-electron chi connectivity index (χ2n) is 6.07. The zero-order chi connectivity index (χ0) is 19.4. The van der Waals surface area contributed by atoms with Crippen LogP contribution in [-0.2, 0) is 9.53 Å². The van der Waals surface area contributed by atoms with E-state index < -0.39 is 5.97 Å². The van der Waals surface area contributed by atoms with Crippen molar-refractivity contribution in [1.29, 1.82) is 0 Å². The normalized spacial score (nSPS) is 13.6. The van der Waals surface area contributed by atoms with Gasteiger partial charge in [-0.15, -0.1) is 0 Å². The van der Waals surface area contributed by atoms with Crippen LogP contribution in [-0.4, -0.2) is 30.9 Å². The highest BCUT2D eigenvalue weighted by Crippen LogP contribution is 2.24. The Labute approximate surface area is 162 Å². The topological polar surface area (TPSA) is 75.7 Å². The maximum absolute atomic E-state index is 12.5. The monoisotopic (exact) mass is 386 g/mol. The Kier molecular flexibility index (Phi) is 5.76. The minimum atomic E-state index is -0.511. The van der Waals surface area contributed by atoms with E-state index in [1.165, 1.54) is 12.1 Å². The molecule has 0 saturated carbocycles. The van der Waals surface area contributed by atoms with E-state index in [9.17, 15) is 14.4 Å². The first-order valence-electron chi connectivity index (χ1n) is 8.68. The zero-order valence-corrected chi connectivity index (χ0v) is 15.6. The van der Waals surface area contributed by atoms with Gasteiger partial charge in [0.05, 0.1) is 17.2 Å². The molecule has 3 rings (SSSR count). The van der Waals surface area contributed by atoms with Crippen LogP contribution < -0.4 is 10.2 Å². The summed E-state index contributed by atoms with van der Waals surface area (Å²) in [6, 6.07) is 11.5. The molecule has 0 bridgehead atoms. The number of esters is 1. The van der Waals surface area contributed by atoms with Gasteiger partial charge in [-0.2, -0.15) is 0 Å². The largest absolute Gasteiger partial charge is 0.462 e. The molecule has 1 aliphatic rings. The van der Waals surface area contributed by atoms with Gasteiger partial charge in [-0.1, -0.05) is 17.7 Å². The van der Waals surface area contributed by atoms with Crippen molar-refractivity contribution < 1.29 is 19.1 Å². The fourth-order valence-electron chi connectivity index (χ4n) is 2.91. The number of benzene rings is 2. The van der Waals surface area contributed by atoms with Gasteiger partial charge in [0, 0.05) is 29.9 Å². The molecule has 0 radical (unpaired) electrons. The van der Waals surface area contributed by atoms with Gasteiger partial charge in [-0.25, -0.2) is 4.79 Å². The van der Waals surface area contributed by atoms with E-state index in [0.717, 1.165) is 6.42 Å². The van der Waals surface area contributed by atoms with E-state index in [4.69, 9.17) is 16.3 Å². The number of anilines is 2. The van der Waals surface area contributed by atoms with Crippen LogP contribution in [0.25, 0.3) is 0 Å². The summed E-state index contributed by atoms with van der Waals surface area (Å²) >= 11 is 6.12. The average Bonchev–Trinajstić information content (AvgIpc) is 3.08. The number of nitrogens with one attached hydrogen (secondary N) is 1. The maximum Gasteiger partial charge on any atom is 0.339 e. The SMILES string of the molecule is CCOC(=O)c1ccc(NC(=O)c2cccc(N3CCCC3=O)c2)cc1Cl. The molecule has 0 unspecified atom stereocenters. The summed E-state index contributed by atoms with van der Waals surface area (Å²) in [7, 11) is 0. The van der Waals surface area contributed by atoms with Crippen molar-refractivity contribution in [3.63, 3.8) is 0 Å². The highest BCUT2D eigenvalue weighted by molar-refractivity contribution is 6.34. The molecule has 0 atom stereocenters. The first-order valence-corrected chi connectivity index (χ1v) is 9.06. The third-order valence-electron chi connectivity index (χ3n) is 4.22. The van der Waals surface area contributed by atoms with E-state index >= 15 is 0 Å². The standard InChI is InChI=1S/C20H19ClN2O4/c1-2-27-20(26)16-9-8-14(12-17(16)21)22-19(25)13-5-3-6-15(11-13)23-10-4-7-18(23)24/h3,5-6,8-9,11-12H,2,4,7,10H2,1H3,(H,22,25). The van der Waals surface area contributed by atoms with Gasteiger partial charge in [0.1, 0.15) is 0 Å². The van der Waals surface area contributed by atoms with E-state index in [-0.39, 0.29) is 29.0 Å². The molecule has 2 amide bonds. The number of rotatable bonds is 5. The Morgan fingerprint density at radius 2 is 2.04 bits per heavy atom. The molecule has 1 fully saturated rings. The Hall–Kier alpha value is -2.86. The van der Waals surface area contributed by atoms with Crippen LogP contribution in [0.2, 0.25) is 5.02 Å². The summed E-state index contributed by atoms with van der Waals surface area (Å²) in [6.07, 6.45) is 1.35. The molecular formula is C20H19ClN2O4. The predicted octanol–water partition coefficient (Wildman–Crippen LogP) is 3.90. The molecule has 2 aromatic rings. The number of carbonyl (C=O) groups is 3. The molecule has 0 aromatic heterocycles. The van der Waals surface area contributed by atoms with Crippen LogP contribution >= 0.6 is 11.6 Å². The first kappa shape index (κ1) is 18.9. The fraction of sp³-hybridized carbons (Fsp3) is 0.250. The van der Waals surface area contributed by atoms with E-state index in [1.807, 2.05) is 6.07 Å². The number of carbonyl (C=O) groups excluding carboxylic acids is 3. The van der Waals surface area contributed by atoms with Crippen molar-refractivity contribution in [2.45, 2.75) is 19.8 Å². The second-order valence-corrected chi connectivity index (χ2v) is 6.48. The second kappa shape index (κ2) is 8.22. The summed E-state index contributed by atoms with van der Waals surface area (Å²) in [5, 5.41) is 2.94. The third-order valence-corrected chi connectivity index (χ3v) is 4.53. The number of hydrogen-bond donors (Lipinski definition) is 1. The van der Waals surface area contributed by atoms with Gasteiger partial charge >= 0.3 is 5.97 Å². The molecule has 0 spiro atoms. The molecule has 1 N–H and O–H groups in total. The lowest BCUT2D eigenvalue weighted by atomic mass is 10.1. The average molecular weight is 387 g/mol. The molecule has 1 heterocycles. The summed E-state index contributed by atoms with van der Waals surface area (Å²) < 4.78 is 4.93.